The summed E-state index contributed by atoms with van der Waals surface area (Å²) in [6.07, 6.45) is 9.12. The molecule has 1 N–H and O–H groups in total. The van der Waals surface area contributed by atoms with Crippen LogP contribution >= 0.6 is 0 Å². The van der Waals surface area contributed by atoms with Gasteiger partial charge in [-0.15, -0.1) is 0 Å². The van der Waals surface area contributed by atoms with E-state index in [9.17, 15) is 4.79 Å². The molecule has 1 amide bonds. The van der Waals surface area contributed by atoms with Crippen molar-refractivity contribution < 1.29 is 4.79 Å². The van der Waals surface area contributed by atoms with Gasteiger partial charge in [-0.25, -0.2) is 4.68 Å². The Hall–Kier alpha value is -3.66. The summed E-state index contributed by atoms with van der Waals surface area (Å²) in [7, 11) is 0. The van der Waals surface area contributed by atoms with E-state index in [-0.39, 0.29) is 5.91 Å². The Morgan fingerprint density at radius 3 is 2.37 bits per heavy atom. The third kappa shape index (κ3) is 4.30. The largest absolute Gasteiger partial charge is 0.322 e. The molecule has 0 atom stereocenters. The summed E-state index contributed by atoms with van der Waals surface area (Å²) in [4.78, 5) is 13.0. The van der Waals surface area contributed by atoms with Crippen LogP contribution in [0.25, 0.3) is 11.3 Å². The van der Waals surface area contributed by atoms with Crippen LogP contribution in [0.5, 0.6) is 0 Å². The number of benzene rings is 2. The normalized spacial score (nSPS) is 11.5. The summed E-state index contributed by atoms with van der Waals surface area (Å²) in [5.74, 6) is -0.210. The van der Waals surface area contributed by atoms with Crippen molar-refractivity contribution in [2.45, 2.75) is 6.92 Å². The SMILES string of the molecule is C=C/C=C(\C=C/C)c1nn(-c2ccccc2)cc1C(=O)Nc1ccccc1. The molecule has 1 heterocycles. The second-order valence-electron chi connectivity index (χ2n) is 5.85. The minimum absolute atomic E-state index is 0.210. The Balaban J connectivity index is 2.07. The Morgan fingerprint density at radius 1 is 1.07 bits per heavy atom. The minimum Gasteiger partial charge on any atom is -0.322 e. The number of amides is 1. The summed E-state index contributed by atoms with van der Waals surface area (Å²) < 4.78 is 1.72. The van der Waals surface area contributed by atoms with Gasteiger partial charge in [0.2, 0.25) is 0 Å². The Morgan fingerprint density at radius 2 is 1.74 bits per heavy atom. The number of aromatic nitrogens is 2. The second-order valence-corrected chi connectivity index (χ2v) is 5.85. The average molecular weight is 355 g/mol. The first-order valence-electron chi connectivity index (χ1n) is 8.70. The number of carbonyl (C=O) groups excluding carboxylic acids is 1. The Bertz CT molecular complexity index is 983. The van der Waals surface area contributed by atoms with E-state index in [2.05, 4.69) is 17.0 Å². The van der Waals surface area contributed by atoms with E-state index in [1.54, 1.807) is 17.0 Å². The summed E-state index contributed by atoms with van der Waals surface area (Å²) in [5.41, 5.74) is 3.54. The number of para-hydroxylation sites is 2. The van der Waals surface area contributed by atoms with Crippen molar-refractivity contribution in [3.63, 3.8) is 0 Å². The van der Waals surface area contributed by atoms with Gasteiger partial charge in [-0.1, -0.05) is 67.3 Å². The maximum absolute atomic E-state index is 13.0. The van der Waals surface area contributed by atoms with Gasteiger partial charge < -0.3 is 5.32 Å². The number of anilines is 1. The topological polar surface area (TPSA) is 46.9 Å². The molecule has 0 aliphatic rings. The molecule has 3 rings (SSSR count). The number of nitrogens with one attached hydrogen (secondary N) is 1. The molecule has 0 unspecified atom stereocenters. The van der Waals surface area contributed by atoms with Gasteiger partial charge in [0, 0.05) is 17.5 Å². The number of carbonyl (C=O) groups is 1. The lowest BCUT2D eigenvalue weighted by atomic mass is 10.1. The van der Waals surface area contributed by atoms with Crippen molar-refractivity contribution in [2.24, 2.45) is 0 Å². The van der Waals surface area contributed by atoms with E-state index in [0.717, 1.165) is 16.9 Å². The van der Waals surface area contributed by atoms with Crippen molar-refractivity contribution in [1.29, 1.82) is 0 Å². The molecule has 0 bridgehead atoms. The maximum atomic E-state index is 13.0. The number of hydrogen-bond acceptors (Lipinski definition) is 2. The Labute approximate surface area is 159 Å². The van der Waals surface area contributed by atoms with Crippen LogP contribution in [0, 0.1) is 0 Å². The van der Waals surface area contributed by atoms with Crippen LogP contribution in [0.2, 0.25) is 0 Å². The van der Waals surface area contributed by atoms with Gasteiger partial charge in [-0.3, -0.25) is 4.79 Å². The van der Waals surface area contributed by atoms with E-state index in [1.807, 2.05) is 85.8 Å². The lowest BCUT2D eigenvalue weighted by Crippen LogP contribution is -2.12. The predicted molar refractivity (Wildman–Crippen MR) is 111 cm³/mol. The summed E-state index contributed by atoms with van der Waals surface area (Å²) >= 11 is 0. The van der Waals surface area contributed by atoms with Crippen molar-refractivity contribution >= 4 is 17.2 Å². The number of hydrogen-bond donors (Lipinski definition) is 1. The van der Waals surface area contributed by atoms with Crippen LogP contribution < -0.4 is 5.32 Å². The monoisotopic (exact) mass is 355 g/mol. The molecule has 134 valence electrons. The minimum atomic E-state index is -0.210. The van der Waals surface area contributed by atoms with Gasteiger partial charge in [0.1, 0.15) is 5.69 Å². The molecule has 0 spiro atoms. The summed E-state index contributed by atoms with van der Waals surface area (Å²) in [5, 5.41) is 7.60. The highest BCUT2D eigenvalue weighted by molar-refractivity contribution is 6.07. The van der Waals surface area contributed by atoms with Crippen LogP contribution in [-0.2, 0) is 0 Å². The zero-order chi connectivity index (χ0) is 19.1. The molecular weight excluding hydrogens is 334 g/mol. The van der Waals surface area contributed by atoms with E-state index in [1.165, 1.54) is 0 Å². The third-order valence-corrected chi connectivity index (χ3v) is 3.93. The zero-order valence-electron chi connectivity index (χ0n) is 15.2. The molecule has 0 saturated heterocycles. The molecule has 27 heavy (non-hydrogen) atoms. The molecule has 1 aromatic heterocycles. The quantitative estimate of drug-likeness (QED) is 0.612. The number of allylic oxidation sites excluding steroid dienone is 5. The van der Waals surface area contributed by atoms with Crippen LogP contribution in [-0.4, -0.2) is 15.7 Å². The van der Waals surface area contributed by atoms with Crippen LogP contribution in [0.15, 0.2) is 97.7 Å². The van der Waals surface area contributed by atoms with Gasteiger partial charge >= 0.3 is 0 Å². The average Bonchev–Trinajstić information content (AvgIpc) is 3.15. The molecule has 0 fully saturated rings. The molecule has 0 saturated carbocycles. The van der Waals surface area contributed by atoms with E-state index < -0.39 is 0 Å². The van der Waals surface area contributed by atoms with Crippen LogP contribution in [0.3, 0.4) is 0 Å². The fraction of sp³-hybridized carbons (Fsp3) is 0.0435. The van der Waals surface area contributed by atoms with Gasteiger partial charge in [-0.05, 0) is 31.2 Å². The lowest BCUT2D eigenvalue weighted by molar-refractivity contribution is 0.102. The maximum Gasteiger partial charge on any atom is 0.259 e. The highest BCUT2D eigenvalue weighted by Gasteiger charge is 2.19. The molecule has 0 aliphatic carbocycles. The number of nitrogens with zero attached hydrogens (tertiary/aromatic N) is 2. The van der Waals surface area contributed by atoms with Crippen LogP contribution in [0.4, 0.5) is 5.69 Å². The fourth-order valence-corrected chi connectivity index (χ4v) is 2.71. The zero-order valence-corrected chi connectivity index (χ0v) is 15.2. The standard InChI is InChI=1S/C23H21N3O/c1-3-11-18(12-4-2)22-21(23(27)24-19-13-7-5-8-14-19)17-26(25-22)20-15-9-6-10-16-20/h3-17H,1H2,2H3,(H,24,27)/b12-4-,18-11+. The first kappa shape index (κ1) is 18.1. The second kappa shape index (κ2) is 8.63. The molecule has 0 radical (unpaired) electrons. The lowest BCUT2D eigenvalue weighted by Gasteiger charge is -2.05. The van der Waals surface area contributed by atoms with Gasteiger partial charge in [0.25, 0.3) is 5.91 Å². The fourth-order valence-electron chi connectivity index (χ4n) is 2.71. The van der Waals surface area contributed by atoms with Crippen molar-refractivity contribution in [3.8, 4) is 5.69 Å². The van der Waals surface area contributed by atoms with Crippen molar-refractivity contribution in [3.05, 3.63) is 109 Å². The highest BCUT2D eigenvalue weighted by atomic mass is 16.1. The molecule has 4 heteroatoms. The van der Waals surface area contributed by atoms with E-state index in [4.69, 9.17) is 0 Å². The Kier molecular flexibility index (Phi) is 5.80. The van der Waals surface area contributed by atoms with Gasteiger partial charge in [0.15, 0.2) is 0 Å². The predicted octanol–water partition coefficient (Wildman–Crippen LogP) is 5.27. The van der Waals surface area contributed by atoms with E-state index in [0.29, 0.717) is 11.3 Å². The van der Waals surface area contributed by atoms with E-state index >= 15 is 0 Å². The van der Waals surface area contributed by atoms with Gasteiger partial charge in [-0.2, -0.15) is 5.10 Å². The molecule has 4 nitrogen and oxygen atoms in total. The summed E-state index contributed by atoms with van der Waals surface area (Å²) in [6.45, 7) is 5.70. The first-order chi connectivity index (χ1) is 13.2. The summed E-state index contributed by atoms with van der Waals surface area (Å²) in [6, 6.07) is 19.1. The first-order valence-corrected chi connectivity index (χ1v) is 8.70. The molecule has 3 aromatic rings. The van der Waals surface area contributed by atoms with Crippen molar-refractivity contribution in [1.82, 2.24) is 9.78 Å². The third-order valence-electron chi connectivity index (χ3n) is 3.93. The van der Waals surface area contributed by atoms with Crippen molar-refractivity contribution in [2.75, 3.05) is 5.32 Å². The van der Waals surface area contributed by atoms with Crippen LogP contribution in [0.1, 0.15) is 23.0 Å². The number of rotatable bonds is 6. The highest BCUT2D eigenvalue weighted by Crippen LogP contribution is 2.22. The van der Waals surface area contributed by atoms with Gasteiger partial charge in [0.05, 0.1) is 11.3 Å². The smallest absolute Gasteiger partial charge is 0.259 e. The molecular formula is C23H21N3O. The molecule has 2 aromatic carbocycles. The molecule has 0 aliphatic heterocycles.